The van der Waals surface area contributed by atoms with Crippen molar-refractivity contribution in [2.75, 3.05) is 0 Å². The average molecular weight is 172 g/mol. The third-order valence-electron chi connectivity index (χ3n) is 1.90. The van der Waals surface area contributed by atoms with E-state index in [0.717, 1.165) is 12.8 Å². The molecule has 0 unspecified atom stereocenters. The van der Waals surface area contributed by atoms with Crippen molar-refractivity contribution in [1.82, 2.24) is 0 Å². The highest BCUT2D eigenvalue weighted by atomic mass is 16.3. The molecule has 72 valence electrons. The van der Waals surface area contributed by atoms with Gasteiger partial charge in [0.2, 0.25) is 0 Å². The zero-order valence-electron chi connectivity index (χ0n) is 8.55. The third kappa shape index (κ3) is 3.86. The molecule has 0 radical (unpaired) electrons. The lowest BCUT2D eigenvalue weighted by Crippen LogP contribution is -2.33. The fourth-order valence-corrected chi connectivity index (χ4v) is 0.971. The molecule has 0 bridgehead atoms. The molecular weight excluding hydrogens is 152 g/mol. The standard InChI is InChI=1S/C10H20O2/c1-5-6-7-8(11)9(12)10(2,3)4/h9,12H,5-7H2,1-4H3/t9-/m0/s1. The number of carbonyl (C=O) groups is 1. The van der Waals surface area contributed by atoms with Crippen LogP contribution in [0.4, 0.5) is 0 Å². The Morgan fingerprint density at radius 2 is 1.92 bits per heavy atom. The molecule has 0 aromatic rings. The average Bonchev–Trinajstić information content (AvgIpc) is 1.97. The summed E-state index contributed by atoms with van der Waals surface area (Å²) < 4.78 is 0. The zero-order valence-corrected chi connectivity index (χ0v) is 8.55. The van der Waals surface area contributed by atoms with E-state index in [1.165, 1.54) is 0 Å². The number of aliphatic hydroxyl groups excluding tert-OH is 1. The lowest BCUT2D eigenvalue weighted by atomic mass is 9.85. The van der Waals surface area contributed by atoms with Crippen LogP contribution in [0.1, 0.15) is 47.0 Å². The summed E-state index contributed by atoms with van der Waals surface area (Å²) in [4.78, 5) is 11.3. The van der Waals surface area contributed by atoms with Crippen molar-refractivity contribution in [2.24, 2.45) is 5.41 Å². The molecular formula is C10H20O2. The molecule has 0 amide bonds. The van der Waals surface area contributed by atoms with E-state index in [0.29, 0.717) is 6.42 Å². The van der Waals surface area contributed by atoms with Gasteiger partial charge >= 0.3 is 0 Å². The van der Waals surface area contributed by atoms with Crippen molar-refractivity contribution in [3.63, 3.8) is 0 Å². The lowest BCUT2D eigenvalue weighted by Gasteiger charge is -2.24. The van der Waals surface area contributed by atoms with Gasteiger partial charge in [-0.1, -0.05) is 34.1 Å². The Morgan fingerprint density at radius 3 is 2.25 bits per heavy atom. The number of hydrogen-bond acceptors (Lipinski definition) is 2. The number of carbonyl (C=O) groups excluding carboxylic acids is 1. The van der Waals surface area contributed by atoms with Crippen molar-refractivity contribution in [1.29, 1.82) is 0 Å². The monoisotopic (exact) mass is 172 g/mol. The topological polar surface area (TPSA) is 37.3 Å². The molecule has 0 heterocycles. The SMILES string of the molecule is CCCCC(=O)[C@H](O)C(C)(C)C. The van der Waals surface area contributed by atoms with Crippen LogP contribution in [0.3, 0.4) is 0 Å². The Kier molecular flexibility index (Phi) is 4.46. The smallest absolute Gasteiger partial charge is 0.161 e. The second kappa shape index (κ2) is 4.61. The summed E-state index contributed by atoms with van der Waals surface area (Å²) in [7, 11) is 0. The van der Waals surface area contributed by atoms with Gasteiger partial charge in [0, 0.05) is 6.42 Å². The summed E-state index contributed by atoms with van der Waals surface area (Å²) in [6.07, 6.45) is 1.59. The van der Waals surface area contributed by atoms with Gasteiger partial charge in [-0.25, -0.2) is 0 Å². The summed E-state index contributed by atoms with van der Waals surface area (Å²) in [5, 5.41) is 9.53. The molecule has 0 spiro atoms. The van der Waals surface area contributed by atoms with E-state index in [-0.39, 0.29) is 11.2 Å². The van der Waals surface area contributed by atoms with Crippen molar-refractivity contribution in [2.45, 2.75) is 53.1 Å². The van der Waals surface area contributed by atoms with Gasteiger partial charge in [0.1, 0.15) is 6.10 Å². The van der Waals surface area contributed by atoms with E-state index in [1.807, 2.05) is 27.7 Å². The number of Topliss-reactive ketones (excluding diaryl/α,β-unsaturated/α-hetero) is 1. The predicted octanol–water partition coefficient (Wildman–Crippen LogP) is 2.15. The van der Waals surface area contributed by atoms with Crippen molar-refractivity contribution in [3.8, 4) is 0 Å². The maximum absolute atomic E-state index is 11.3. The Labute approximate surface area is 75.0 Å². The first-order valence-electron chi connectivity index (χ1n) is 4.60. The maximum atomic E-state index is 11.3. The van der Waals surface area contributed by atoms with Crippen LogP contribution in [0, 0.1) is 5.41 Å². The molecule has 0 aromatic carbocycles. The second-order valence-electron chi connectivity index (χ2n) is 4.34. The fourth-order valence-electron chi connectivity index (χ4n) is 0.971. The summed E-state index contributed by atoms with van der Waals surface area (Å²) in [6, 6.07) is 0. The summed E-state index contributed by atoms with van der Waals surface area (Å²) in [5.41, 5.74) is -0.315. The molecule has 0 rings (SSSR count). The van der Waals surface area contributed by atoms with Gasteiger partial charge < -0.3 is 5.11 Å². The minimum Gasteiger partial charge on any atom is -0.385 e. The molecule has 1 atom stereocenters. The number of unbranched alkanes of at least 4 members (excludes halogenated alkanes) is 1. The molecule has 2 nitrogen and oxygen atoms in total. The van der Waals surface area contributed by atoms with Gasteiger partial charge in [-0.15, -0.1) is 0 Å². The summed E-state index contributed by atoms with van der Waals surface area (Å²) in [6.45, 7) is 7.67. The van der Waals surface area contributed by atoms with Gasteiger partial charge in [-0.3, -0.25) is 4.79 Å². The van der Waals surface area contributed by atoms with E-state index in [1.54, 1.807) is 0 Å². The molecule has 0 aliphatic carbocycles. The minimum absolute atomic E-state index is 0.0237. The van der Waals surface area contributed by atoms with E-state index in [4.69, 9.17) is 0 Å². The molecule has 12 heavy (non-hydrogen) atoms. The quantitative estimate of drug-likeness (QED) is 0.705. The highest BCUT2D eigenvalue weighted by molar-refractivity contribution is 5.83. The first-order valence-corrected chi connectivity index (χ1v) is 4.60. The van der Waals surface area contributed by atoms with Gasteiger partial charge in [0.15, 0.2) is 5.78 Å². The van der Waals surface area contributed by atoms with Crippen LogP contribution < -0.4 is 0 Å². The second-order valence-corrected chi connectivity index (χ2v) is 4.34. The van der Waals surface area contributed by atoms with Gasteiger partial charge in [-0.2, -0.15) is 0 Å². The van der Waals surface area contributed by atoms with Crippen LogP contribution in [-0.2, 0) is 4.79 Å². The Hall–Kier alpha value is -0.370. The number of ketones is 1. The Balaban J connectivity index is 3.94. The first-order chi connectivity index (χ1) is 5.39. The highest BCUT2D eigenvalue weighted by Gasteiger charge is 2.27. The van der Waals surface area contributed by atoms with E-state index in [2.05, 4.69) is 0 Å². The van der Waals surface area contributed by atoms with E-state index in [9.17, 15) is 9.90 Å². The molecule has 0 aliphatic rings. The van der Waals surface area contributed by atoms with Crippen LogP contribution in [0.2, 0.25) is 0 Å². The summed E-state index contributed by atoms with van der Waals surface area (Å²) in [5.74, 6) is -0.0237. The largest absolute Gasteiger partial charge is 0.385 e. The van der Waals surface area contributed by atoms with Crippen LogP contribution in [-0.4, -0.2) is 17.0 Å². The molecule has 0 aromatic heterocycles. The molecule has 0 aliphatic heterocycles. The van der Waals surface area contributed by atoms with E-state index >= 15 is 0 Å². The van der Waals surface area contributed by atoms with Gasteiger partial charge in [0.25, 0.3) is 0 Å². The highest BCUT2D eigenvalue weighted by Crippen LogP contribution is 2.21. The molecule has 1 N–H and O–H groups in total. The van der Waals surface area contributed by atoms with Crippen molar-refractivity contribution < 1.29 is 9.90 Å². The molecule has 0 fully saturated rings. The zero-order chi connectivity index (χ0) is 9.78. The summed E-state index contributed by atoms with van der Waals surface area (Å²) >= 11 is 0. The molecule has 0 saturated carbocycles. The van der Waals surface area contributed by atoms with Gasteiger partial charge in [-0.05, 0) is 11.8 Å². The van der Waals surface area contributed by atoms with Crippen LogP contribution >= 0.6 is 0 Å². The van der Waals surface area contributed by atoms with Crippen LogP contribution in [0.5, 0.6) is 0 Å². The molecule has 0 saturated heterocycles. The van der Waals surface area contributed by atoms with Crippen LogP contribution in [0.25, 0.3) is 0 Å². The molecule has 2 heteroatoms. The number of aliphatic hydroxyl groups is 1. The first kappa shape index (κ1) is 11.6. The van der Waals surface area contributed by atoms with Gasteiger partial charge in [0.05, 0.1) is 0 Å². The maximum Gasteiger partial charge on any atom is 0.161 e. The predicted molar refractivity (Wildman–Crippen MR) is 50.0 cm³/mol. The lowest BCUT2D eigenvalue weighted by molar-refractivity contribution is -0.132. The van der Waals surface area contributed by atoms with Crippen molar-refractivity contribution >= 4 is 5.78 Å². The fraction of sp³-hybridized carbons (Fsp3) is 0.900. The number of rotatable bonds is 4. The van der Waals surface area contributed by atoms with Crippen LogP contribution in [0.15, 0.2) is 0 Å². The van der Waals surface area contributed by atoms with Crippen molar-refractivity contribution in [3.05, 3.63) is 0 Å². The van der Waals surface area contributed by atoms with E-state index < -0.39 is 6.10 Å². The third-order valence-corrected chi connectivity index (χ3v) is 1.90. The normalized spacial score (nSPS) is 14.4. The minimum atomic E-state index is -0.802. The Bertz CT molecular complexity index is 144. The number of hydrogen-bond donors (Lipinski definition) is 1. The Morgan fingerprint density at radius 1 is 1.42 bits per heavy atom.